The summed E-state index contributed by atoms with van der Waals surface area (Å²) in [7, 11) is -3.03. The van der Waals surface area contributed by atoms with Gasteiger partial charge in [0.05, 0.1) is 17.4 Å². The molecule has 23 heavy (non-hydrogen) atoms. The first-order valence-electron chi connectivity index (χ1n) is 7.72. The first kappa shape index (κ1) is 16.0. The van der Waals surface area contributed by atoms with E-state index in [0.29, 0.717) is 13.0 Å². The highest BCUT2D eigenvalue weighted by molar-refractivity contribution is 7.91. The molecule has 124 valence electrons. The molecule has 1 aromatic rings. The number of hydrogen-bond acceptors (Lipinski definition) is 4. The fourth-order valence-electron chi connectivity index (χ4n) is 3.09. The molecule has 1 N–H and O–H groups in total. The van der Waals surface area contributed by atoms with Gasteiger partial charge in [0.1, 0.15) is 0 Å². The number of nitrogens with zero attached hydrogens (tertiary/aromatic N) is 1. The maximum atomic E-state index is 12.3. The number of sulfone groups is 1. The van der Waals surface area contributed by atoms with Gasteiger partial charge in [0.25, 0.3) is 0 Å². The van der Waals surface area contributed by atoms with Crippen LogP contribution in [-0.2, 0) is 19.4 Å². The number of rotatable bonds is 3. The first-order chi connectivity index (χ1) is 10.8. The molecule has 2 aliphatic heterocycles. The molecule has 2 aliphatic rings. The smallest absolute Gasteiger partial charge is 0.227 e. The summed E-state index contributed by atoms with van der Waals surface area (Å²) in [5.74, 6) is -0.604. The van der Waals surface area contributed by atoms with Crippen LogP contribution >= 0.6 is 0 Å². The molecule has 2 amide bonds. The molecule has 0 aliphatic carbocycles. The molecule has 2 fully saturated rings. The lowest BCUT2D eigenvalue weighted by molar-refractivity contribution is -0.126. The fourth-order valence-corrected chi connectivity index (χ4v) is 4.76. The average molecular weight is 336 g/mol. The molecule has 2 heterocycles. The van der Waals surface area contributed by atoms with Crippen molar-refractivity contribution in [2.75, 3.05) is 23.0 Å². The van der Waals surface area contributed by atoms with Crippen molar-refractivity contribution in [3.8, 4) is 0 Å². The Morgan fingerprint density at radius 2 is 1.96 bits per heavy atom. The number of aryl methyl sites for hydroxylation is 1. The van der Waals surface area contributed by atoms with Crippen LogP contribution in [0.5, 0.6) is 0 Å². The normalized spacial score (nSPS) is 26.5. The molecular formula is C16H20N2O4S. The van der Waals surface area contributed by atoms with Gasteiger partial charge < -0.3 is 10.2 Å². The van der Waals surface area contributed by atoms with E-state index in [1.165, 1.54) is 0 Å². The highest BCUT2D eigenvalue weighted by atomic mass is 32.2. The summed E-state index contributed by atoms with van der Waals surface area (Å²) in [5.41, 5.74) is 1.90. The zero-order chi connectivity index (χ0) is 16.6. The van der Waals surface area contributed by atoms with E-state index in [2.05, 4.69) is 5.32 Å². The molecule has 2 atom stereocenters. The largest absolute Gasteiger partial charge is 0.352 e. The monoisotopic (exact) mass is 336 g/mol. The first-order valence-corrected chi connectivity index (χ1v) is 9.54. The zero-order valence-corrected chi connectivity index (χ0v) is 13.8. The van der Waals surface area contributed by atoms with E-state index in [0.717, 1.165) is 11.3 Å². The van der Waals surface area contributed by atoms with Crippen LogP contribution in [0.1, 0.15) is 18.4 Å². The summed E-state index contributed by atoms with van der Waals surface area (Å²) in [6.07, 6.45) is 0.621. The standard InChI is InChI=1S/C16H20N2O4S/c1-11-2-4-14(5-3-11)18-9-12(8-15(18)19)16(20)17-13-6-7-23(21,22)10-13/h2-5,12-13H,6-10H2,1H3,(H,17,20)/t12-,13+/m0/s1. The maximum absolute atomic E-state index is 12.3. The molecular weight excluding hydrogens is 316 g/mol. The minimum absolute atomic E-state index is 0.00107. The molecule has 0 radical (unpaired) electrons. The molecule has 1 aromatic carbocycles. The number of carbonyl (C=O) groups is 2. The highest BCUT2D eigenvalue weighted by Gasteiger charge is 2.37. The number of amides is 2. The van der Waals surface area contributed by atoms with Crippen LogP contribution in [0.2, 0.25) is 0 Å². The van der Waals surface area contributed by atoms with Crippen LogP contribution in [0.25, 0.3) is 0 Å². The van der Waals surface area contributed by atoms with Crippen molar-refractivity contribution < 1.29 is 18.0 Å². The second-order valence-electron chi connectivity index (χ2n) is 6.35. The molecule has 2 saturated heterocycles. The van der Waals surface area contributed by atoms with Crippen LogP contribution in [0.4, 0.5) is 5.69 Å². The maximum Gasteiger partial charge on any atom is 0.227 e. The number of anilines is 1. The van der Waals surface area contributed by atoms with Crippen molar-refractivity contribution in [3.63, 3.8) is 0 Å². The van der Waals surface area contributed by atoms with Crippen molar-refractivity contribution in [1.82, 2.24) is 5.32 Å². The molecule has 0 aromatic heterocycles. The topological polar surface area (TPSA) is 83.6 Å². The molecule has 7 heteroatoms. The molecule has 0 spiro atoms. The van der Waals surface area contributed by atoms with Gasteiger partial charge in [-0.2, -0.15) is 0 Å². The Hall–Kier alpha value is -1.89. The van der Waals surface area contributed by atoms with Gasteiger partial charge in [-0.25, -0.2) is 8.42 Å². The van der Waals surface area contributed by atoms with Gasteiger partial charge in [0.15, 0.2) is 9.84 Å². The predicted molar refractivity (Wildman–Crippen MR) is 86.8 cm³/mol. The second-order valence-corrected chi connectivity index (χ2v) is 8.58. The van der Waals surface area contributed by atoms with E-state index < -0.39 is 15.8 Å². The SMILES string of the molecule is Cc1ccc(N2C[C@@H](C(=O)N[C@@H]3CCS(=O)(=O)C3)CC2=O)cc1. The van der Waals surface area contributed by atoms with E-state index in [-0.39, 0.29) is 35.8 Å². The van der Waals surface area contributed by atoms with Crippen molar-refractivity contribution >= 4 is 27.3 Å². The van der Waals surface area contributed by atoms with Gasteiger partial charge >= 0.3 is 0 Å². The lowest BCUT2D eigenvalue weighted by Crippen LogP contribution is -2.40. The highest BCUT2D eigenvalue weighted by Crippen LogP contribution is 2.26. The van der Waals surface area contributed by atoms with Gasteiger partial charge in [-0.3, -0.25) is 9.59 Å². The lowest BCUT2D eigenvalue weighted by Gasteiger charge is -2.18. The summed E-state index contributed by atoms with van der Waals surface area (Å²) in [5, 5.41) is 2.78. The number of nitrogens with one attached hydrogen (secondary N) is 1. The van der Waals surface area contributed by atoms with E-state index in [1.54, 1.807) is 4.90 Å². The Kier molecular flexibility index (Phi) is 4.14. The zero-order valence-electron chi connectivity index (χ0n) is 13.0. The van der Waals surface area contributed by atoms with Crippen LogP contribution in [0.3, 0.4) is 0 Å². The summed E-state index contributed by atoms with van der Waals surface area (Å²) in [4.78, 5) is 26.1. The minimum Gasteiger partial charge on any atom is -0.352 e. The fraction of sp³-hybridized carbons (Fsp3) is 0.500. The summed E-state index contributed by atoms with van der Waals surface area (Å²) in [6, 6.07) is 7.28. The molecule has 0 unspecified atom stereocenters. The molecule has 0 bridgehead atoms. The second kappa shape index (κ2) is 5.96. The Morgan fingerprint density at radius 1 is 1.26 bits per heavy atom. The third kappa shape index (κ3) is 3.55. The third-order valence-electron chi connectivity index (χ3n) is 4.42. The van der Waals surface area contributed by atoms with Crippen LogP contribution in [0.15, 0.2) is 24.3 Å². The molecule has 0 saturated carbocycles. The van der Waals surface area contributed by atoms with Crippen LogP contribution in [0, 0.1) is 12.8 Å². The van der Waals surface area contributed by atoms with E-state index >= 15 is 0 Å². The minimum atomic E-state index is -3.03. The predicted octanol–water partition coefficient (Wildman–Crippen LogP) is 0.651. The summed E-state index contributed by atoms with van der Waals surface area (Å²) < 4.78 is 22.9. The average Bonchev–Trinajstić information content (AvgIpc) is 3.03. The number of benzene rings is 1. The van der Waals surface area contributed by atoms with E-state index in [1.807, 2.05) is 31.2 Å². The van der Waals surface area contributed by atoms with Gasteiger partial charge in [-0.15, -0.1) is 0 Å². The Bertz CT molecular complexity index is 727. The summed E-state index contributed by atoms with van der Waals surface area (Å²) in [6.45, 7) is 2.31. The third-order valence-corrected chi connectivity index (χ3v) is 6.19. The van der Waals surface area contributed by atoms with Crippen molar-refractivity contribution in [2.24, 2.45) is 5.92 Å². The molecule has 3 rings (SSSR count). The van der Waals surface area contributed by atoms with Crippen LogP contribution < -0.4 is 10.2 Å². The van der Waals surface area contributed by atoms with E-state index in [9.17, 15) is 18.0 Å². The van der Waals surface area contributed by atoms with Crippen molar-refractivity contribution in [2.45, 2.75) is 25.8 Å². The lowest BCUT2D eigenvalue weighted by atomic mass is 10.1. The van der Waals surface area contributed by atoms with Gasteiger partial charge in [-0.05, 0) is 25.5 Å². The Labute approximate surface area is 135 Å². The summed E-state index contributed by atoms with van der Waals surface area (Å²) >= 11 is 0. The van der Waals surface area contributed by atoms with Crippen molar-refractivity contribution in [1.29, 1.82) is 0 Å². The number of carbonyl (C=O) groups excluding carboxylic acids is 2. The quantitative estimate of drug-likeness (QED) is 0.878. The van der Waals surface area contributed by atoms with Gasteiger partial charge in [0.2, 0.25) is 11.8 Å². The van der Waals surface area contributed by atoms with Crippen molar-refractivity contribution in [3.05, 3.63) is 29.8 Å². The Morgan fingerprint density at radius 3 is 2.57 bits per heavy atom. The molecule has 6 nitrogen and oxygen atoms in total. The van der Waals surface area contributed by atoms with E-state index in [4.69, 9.17) is 0 Å². The van der Waals surface area contributed by atoms with Gasteiger partial charge in [0, 0.05) is 24.7 Å². The van der Waals surface area contributed by atoms with Gasteiger partial charge in [-0.1, -0.05) is 17.7 Å². The Balaban J connectivity index is 1.63. The number of hydrogen-bond donors (Lipinski definition) is 1. The van der Waals surface area contributed by atoms with Crippen LogP contribution in [-0.4, -0.2) is 44.3 Å².